The van der Waals surface area contributed by atoms with E-state index in [4.69, 9.17) is 0 Å². The van der Waals surface area contributed by atoms with E-state index in [0.29, 0.717) is 6.07 Å². The predicted molar refractivity (Wildman–Crippen MR) is 45.8 cm³/mol. The Kier molecular flexibility index (Phi) is 3.41. The third-order valence-electron chi connectivity index (χ3n) is 1.43. The van der Waals surface area contributed by atoms with E-state index in [1.54, 1.807) is 0 Å². The second kappa shape index (κ2) is 4.15. The van der Waals surface area contributed by atoms with Gasteiger partial charge in [0.15, 0.2) is 0 Å². The first kappa shape index (κ1) is 13.1. The molecule has 90 valence electrons. The van der Waals surface area contributed by atoms with Crippen molar-refractivity contribution in [1.82, 2.24) is 0 Å². The van der Waals surface area contributed by atoms with Crippen LogP contribution in [0.2, 0.25) is 0 Å². The molecular weight excluding hydrogens is 306 g/mol. The average molecular weight is 309 g/mol. The van der Waals surface area contributed by atoms with E-state index in [9.17, 15) is 26.3 Å². The molecule has 0 aliphatic rings. The topological polar surface area (TPSA) is 9.23 Å². The molecule has 0 heterocycles. The minimum atomic E-state index is -5.02. The zero-order valence-corrected chi connectivity index (χ0v) is 8.87. The Bertz CT molecular complexity index is 383. The lowest BCUT2D eigenvalue weighted by Crippen LogP contribution is -2.17. The zero-order chi connectivity index (χ0) is 12.6. The van der Waals surface area contributed by atoms with E-state index < -0.39 is 23.9 Å². The molecule has 0 amide bonds. The maximum atomic E-state index is 12.2. The Morgan fingerprint density at radius 2 is 1.50 bits per heavy atom. The first-order valence-electron chi connectivity index (χ1n) is 3.71. The molecule has 1 aromatic rings. The van der Waals surface area contributed by atoms with Crippen LogP contribution in [-0.2, 0) is 6.18 Å². The predicted octanol–water partition coefficient (Wildman–Crippen LogP) is 4.37. The van der Waals surface area contributed by atoms with E-state index >= 15 is 0 Å². The van der Waals surface area contributed by atoms with Gasteiger partial charge in [-0.25, -0.2) is 0 Å². The van der Waals surface area contributed by atoms with Crippen LogP contribution < -0.4 is 4.74 Å². The van der Waals surface area contributed by atoms with Gasteiger partial charge in [0.2, 0.25) is 0 Å². The van der Waals surface area contributed by atoms with Crippen molar-refractivity contribution in [2.24, 2.45) is 0 Å². The molecular formula is C8H3BrF6O. The fraction of sp³-hybridized carbons (Fsp3) is 0.250. The average Bonchev–Trinajstić information content (AvgIpc) is 1.97. The Hall–Kier alpha value is -0.920. The molecule has 1 nitrogen and oxygen atoms in total. The summed E-state index contributed by atoms with van der Waals surface area (Å²) < 4.78 is 75.3. The highest BCUT2D eigenvalue weighted by atomic mass is 79.9. The summed E-state index contributed by atoms with van der Waals surface area (Å²) in [6.07, 6.45) is -9.75. The lowest BCUT2D eigenvalue weighted by Gasteiger charge is -2.12. The van der Waals surface area contributed by atoms with E-state index in [0.717, 1.165) is 6.07 Å². The molecule has 1 aromatic carbocycles. The van der Waals surface area contributed by atoms with Gasteiger partial charge in [-0.1, -0.05) is 15.9 Å². The number of ether oxygens (including phenoxy) is 1. The minimum absolute atomic E-state index is 0.151. The molecule has 8 heteroatoms. The van der Waals surface area contributed by atoms with Gasteiger partial charge in [0.05, 0.1) is 5.56 Å². The van der Waals surface area contributed by atoms with Gasteiger partial charge < -0.3 is 4.74 Å². The van der Waals surface area contributed by atoms with Crippen molar-refractivity contribution in [3.8, 4) is 5.75 Å². The van der Waals surface area contributed by atoms with Gasteiger partial charge in [0.1, 0.15) is 5.75 Å². The number of hydrogen-bond acceptors (Lipinski definition) is 1. The highest BCUT2D eigenvalue weighted by molar-refractivity contribution is 9.10. The highest BCUT2D eigenvalue weighted by Gasteiger charge is 2.34. The largest absolute Gasteiger partial charge is 0.573 e. The van der Waals surface area contributed by atoms with Crippen LogP contribution in [0.1, 0.15) is 5.56 Å². The molecule has 0 unspecified atom stereocenters. The molecule has 0 aliphatic carbocycles. The molecule has 0 saturated heterocycles. The van der Waals surface area contributed by atoms with Crippen molar-refractivity contribution >= 4 is 15.9 Å². The van der Waals surface area contributed by atoms with Crippen LogP contribution >= 0.6 is 15.9 Å². The fourth-order valence-electron chi connectivity index (χ4n) is 0.919. The third-order valence-corrected chi connectivity index (χ3v) is 1.89. The number of alkyl halides is 6. The zero-order valence-electron chi connectivity index (χ0n) is 7.29. The monoisotopic (exact) mass is 308 g/mol. The smallest absolute Gasteiger partial charge is 0.406 e. The Labute approximate surface area is 94.1 Å². The van der Waals surface area contributed by atoms with E-state index in [1.807, 2.05) is 0 Å². The van der Waals surface area contributed by atoms with Crippen molar-refractivity contribution < 1.29 is 31.1 Å². The van der Waals surface area contributed by atoms with Crippen molar-refractivity contribution in [1.29, 1.82) is 0 Å². The van der Waals surface area contributed by atoms with Crippen LogP contribution in [0.4, 0.5) is 26.3 Å². The fourth-order valence-corrected chi connectivity index (χ4v) is 1.39. The van der Waals surface area contributed by atoms with Gasteiger partial charge in [-0.3, -0.25) is 0 Å². The number of rotatable bonds is 1. The van der Waals surface area contributed by atoms with Crippen molar-refractivity contribution in [3.05, 3.63) is 28.2 Å². The van der Waals surface area contributed by atoms with Crippen molar-refractivity contribution in [2.45, 2.75) is 12.5 Å². The quantitative estimate of drug-likeness (QED) is 0.700. The second-order valence-electron chi connectivity index (χ2n) is 2.72. The first-order chi connectivity index (χ1) is 7.08. The summed E-state index contributed by atoms with van der Waals surface area (Å²) in [4.78, 5) is 0. The lowest BCUT2D eigenvalue weighted by molar-refractivity contribution is -0.274. The molecule has 0 saturated carbocycles. The number of halogens is 7. The first-order valence-corrected chi connectivity index (χ1v) is 4.51. The van der Waals surface area contributed by atoms with Crippen LogP contribution in [0.3, 0.4) is 0 Å². The molecule has 0 spiro atoms. The maximum Gasteiger partial charge on any atom is 0.573 e. The van der Waals surface area contributed by atoms with E-state index in [-0.39, 0.29) is 10.5 Å². The number of benzene rings is 1. The van der Waals surface area contributed by atoms with Gasteiger partial charge in [0, 0.05) is 4.47 Å². The Morgan fingerprint density at radius 3 is 1.94 bits per heavy atom. The second-order valence-corrected chi connectivity index (χ2v) is 3.64. The molecule has 16 heavy (non-hydrogen) atoms. The molecule has 0 radical (unpaired) electrons. The van der Waals surface area contributed by atoms with Gasteiger partial charge >= 0.3 is 12.5 Å². The lowest BCUT2D eigenvalue weighted by atomic mass is 10.2. The summed E-state index contributed by atoms with van der Waals surface area (Å²) in [6, 6.07) is 1.73. The van der Waals surface area contributed by atoms with Gasteiger partial charge in [0.25, 0.3) is 0 Å². The van der Waals surface area contributed by atoms with Crippen LogP contribution in [-0.4, -0.2) is 6.36 Å². The third kappa shape index (κ3) is 3.92. The normalized spacial score (nSPS) is 12.7. The van der Waals surface area contributed by atoms with Crippen LogP contribution in [0.25, 0.3) is 0 Å². The minimum Gasteiger partial charge on any atom is -0.406 e. The Balaban J connectivity index is 3.09. The maximum absolute atomic E-state index is 12.2. The van der Waals surface area contributed by atoms with Crippen molar-refractivity contribution in [3.63, 3.8) is 0 Å². The molecule has 0 aliphatic heterocycles. The Morgan fingerprint density at radius 1 is 0.938 bits per heavy atom. The number of hydrogen-bond donors (Lipinski definition) is 0. The molecule has 0 fully saturated rings. The molecule has 1 rings (SSSR count). The summed E-state index contributed by atoms with van der Waals surface area (Å²) in [7, 11) is 0. The summed E-state index contributed by atoms with van der Waals surface area (Å²) in [5.74, 6) is -0.922. The van der Waals surface area contributed by atoms with Crippen LogP contribution in [0.5, 0.6) is 5.75 Å². The van der Waals surface area contributed by atoms with Crippen molar-refractivity contribution in [2.75, 3.05) is 0 Å². The van der Waals surface area contributed by atoms with Crippen LogP contribution in [0, 0.1) is 0 Å². The molecule has 0 atom stereocenters. The molecule has 0 aromatic heterocycles. The van der Waals surface area contributed by atoms with Gasteiger partial charge in [-0.05, 0) is 18.2 Å². The van der Waals surface area contributed by atoms with Gasteiger partial charge in [-0.15, -0.1) is 13.2 Å². The summed E-state index contributed by atoms with van der Waals surface area (Å²) in [5.41, 5.74) is -1.22. The van der Waals surface area contributed by atoms with E-state index in [2.05, 4.69) is 20.7 Å². The molecule has 0 bridgehead atoms. The molecule has 0 N–H and O–H groups in total. The summed E-state index contributed by atoms with van der Waals surface area (Å²) in [6.45, 7) is 0. The van der Waals surface area contributed by atoms with Crippen LogP contribution in [0.15, 0.2) is 22.7 Å². The van der Waals surface area contributed by atoms with Gasteiger partial charge in [-0.2, -0.15) is 13.2 Å². The van der Waals surface area contributed by atoms with E-state index in [1.165, 1.54) is 0 Å². The summed E-state index contributed by atoms with van der Waals surface area (Å²) >= 11 is 2.67. The summed E-state index contributed by atoms with van der Waals surface area (Å²) in [5, 5.41) is 0. The SMILES string of the molecule is FC(F)(F)Oc1cc(Br)cc(C(F)(F)F)c1. The standard InChI is InChI=1S/C8H3BrF6O/c9-5-1-4(7(10,11)12)2-6(3-5)16-8(13,14)15/h1-3H. The highest BCUT2D eigenvalue weighted by Crippen LogP contribution is 2.35.